The molecule has 74 valence electrons. The first-order chi connectivity index (χ1) is 6.49. The minimum atomic E-state index is -4.46. The van der Waals surface area contributed by atoms with Crippen LogP contribution in [0.25, 0.3) is 0 Å². The van der Waals surface area contributed by atoms with Crippen molar-refractivity contribution in [1.29, 1.82) is 5.26 Å². The molecule has 0 unspecified atom stereocenters. The lowest BCUT2D eigenvalue weighted by Crippen LogP contribution is -2.13. The average molecular weight is 201 g/mol. The van der Waals surface area contributed by atoms with E-state index in [4.69, 9.17) is 5.26 Å². The maximum atomic E-state index is 12.4. The second kappa shape index (κ2) is 2.50. The van der Waals surface area contributed by atoms with Crippen LogP contribution in [0.5, 0.6) is 0 Å². The molecule has 1 aromatic rings. The molecule has 1 fully saturated rings. The van der Waals surface area contributed by atoms with E-state index in [9.17, 15) is 13.2 Å². The second-order valence-electron chi connectivity index (χ2n) is 3.35. The van der Waals surface area contributed by atoms with Crippen molar-refractivity contribution < 1.29 is 13.2 Å². The van der Waals surface area contributed by atoms with Crippen LogP contribution in [0, 0.1) is 11.3 Å². The van der Waals surface area contributed by atoms with Crippen molar-refractivity contribution in [2.75, 3.05) is 0 Å². The largest absolute Gasteiger partial charge is 0.433 e. The zero-order valence-electron chi connectivity index (χ0n) is 7.02. The lowest BCUT2D eigenvalue weighted by atomic mass is 9.98. The molecular weight excluding hydrogens is 195 g/mol. The Kier molecular flexibility index (Phi) is 1.62. The number of hydrogen-bond acceptors (Lipinski definition) is 2. The van der Waals surface area contributed by atoms with Gasteiger partial charge in [0.25, 0.3) is 0 Å². The summed E-state index contributed by atoms with van der Waals surface area (Å²) in [7, 11) is 0. The molecule has 0 amide bonds. The summed E-state index contributed by atoms with van der Waals surface area (Å²) in [6, 6.07) is 1.91. The summed E-state index contributed by atoms with van der Waals surface area (Å²) in [5.74, 6) is 0. The van der Waals surface area contributed by atoms with E-state index in [0.29, 0.717) is 12.8 Å². The number of nitrogens with one attached hydrogen (secondary N) is 1. The number of hydrogen-bond donors (Lipinski definition) is 1. The van der Waals surface area contributed by atoms with Crippen LogP contribution in [-0.2, 0) is 11.6 Å². The van der Waals surface area contributed by atoms with E-state index in [1.807, 2.05) is 11.2 Å². The minimum Gasteiger partial charge on any atom is -0.273 e. The number of alkyl halides is 3. The molecule has 3 nitrogen and oxygen atoms in total. The molecule has 0 aromatic carbocycles. The number of aromatic amines is 1. The minimum absolute atomic E-state index is 0.0208. The second-order valence-corrected chi connectivity index (χ2v) is 3.35. The topological polar surface area (TPSA) is 52.5 Å². The summed E-state index contributed by atoms with van der Waals surface area (Å²) in [6.07, 6.45) is -2.41. The van der Waals surface area contributed by atoms with Crippen molar-refractivity contribution in [3.8, 4) is 6.07 Å². The van der Waals surface area contributed by atoms with Gasteiger partial charge in [0.1, 0.15) is 5.69 Å². The van der Waals surface area contributed by atoms with Crippen LogP contribution in [-0.4, -0.2) is 10.2 Å². The SMILES string of the molecule is N#CC1(c2cn[nH]c2C(F)(F)F)CC1. The average Bonchev–Trinajstić information content (AvgIpc) is 2.72. The van der Waals surface area contributed by atoms with Gasteiger partial charge in [-0.3, -0.25) is 5.10 Å². The van der Waals surface area contributed by atoms with Gasteiger partial charge in [-0.1, -0.05) is 0 Å². The Morgan fingerprint density at radius 3 is 2.57 bits per heavy atom. The Labute approximate surface area is 77.5 Å². The number of aromatic nitrogens is 2. The quantitative estimate of drug-likeness (QED) is 0.755. The van der Waals surface area contributed by atoms with Crippen LogP contribution in [0.3, 0.4) is 0 Å². The first-order valence-electron chi connectivity index (χ1n) is 4.02. The van der Waals surface area contributed by atoms with Crippen LogP contribution in [0.1, 0.15) is 24.1 Å². The van der Waals surface area contributed by atoms with Gasteiger partial charge in [0.15, 0.2) is 0 Å². The van der Waals surface area contributed by atoms with Gasteiger partial charge in [0.2, 0.25) is 0 Å². The van der Waals surface area contributed by atoms with Crippen LogP contribution >= 0.6 is 0 Å². The van der Waals surface area contributed by atoms with Crippen molar-refractivity contribution in [3.63, 3.8) is 0 Å². The third kappa shape index (κ3) is 1.16. The lowest BCUT2D eigenvalue weighted by molar-refractivity contribution is -0.141. The van der Waals surface area contributed by atoms with Crippen molar-refractivity contribution in [2.24, 2.45) is 0 Å². The molecule has 6 heteroatoms. The molecule has 0 atom stereocenters. The number of halogens is 3. The predicted octanol–water partition coefficient (Wildman–Crippen LogP) is 1.98. The molecule has 14 heavy (non-hydrogen) atoms. The fraction of sp³-hybridized carbons (Fsp3) is 0.500. The highest BCUT2D eigenvalue weighted by molar-refractivity contribution is 5.41. The molecule has 0 radical (unpaired) electrons. The molecule has 1 aliphatic rings. The van der Waals surface area contributed by atoms with Crippen LogP contribution in [0.2, 0.25) is 0 Å². The Hall–Kier alpha value is -1.51. The molecule has 1 saturated carbocycles. The van der Waals surface area contributed by atoms with E-state index in [-0.39, 0.29) is 5.56 Å². The van der Waals surface area contributed by atoms with Crippen LogP contribution < -0.4 is 0 Å². The Morgan fingerprint density at radius 2 is 2.14 bits per heavy atom. The molecule has 0 saturated heterocycles. The zero-order valence-corrected chi connectivity index (χ0v) is 7.02. The molecular formula is C8H6F3N3. The fourth-order valence-corrected chi connectivity index (χ4v) is 1.43. The van der Waals surface area contributed by atoms with E-state index in [2.05, 4.69) is 5.10 Å². The Bertz CT molecular complexity index is 395. The van der Waals surface area contributed by atoms with Crippen molar-refractivity contribution in [3.05, 3.63) is 17.5 Å². The summed E-state index contributed by atoms with van der Waals surface area (Å²) in [4.78, 5) is 0. The van der Waals surface area contributed by atoms with E-state index in [0.717, 1.165) is 6.20 Å². The lowest BCUT2D eigenvalue weighted by Gasteiger charge is -2.09. The highest BCUT2D eigenvalue weighted by Gasteiger charge is 2.51. The smallest absolute Gasteiger partial charge is 0.273 e. The van der Waals surface area contributed by atoms with Gasteiger partial charge in [0.05, 0.1) is 17.7 Å². The Morgan fingerprint density at radius 1 is 1.50 bits per heavy atom. The molecule has 2 rings (SSSR count). The first-order valence-corrected chi connectivity index (χ1v) is 4.02. The summed E-state index contributed by atoms with van der Waals surface area (Å²) < 4.78 is 37.2. The maximum absolute atomic E-state index is 12.4. The molecule has 1 aromatic heterocycles. The zero-order chi connectivity index (χ0) is 10.4. The summed E-state index contributed by atoms with van der Waals surface area (Å²) in [5.41, 5.74) is -1.86. The molecule has 0 aliphatic heterocycles. The van der Waals surface area contributed by atoms with Gasteiger partial charge in [-0.25, -0.2) is 0 Å². The standard InChI is InChI=1S/C8H6F3N3/c9-8(10,11)6-5(3-13-14-6)7(4-12)1-2-7/h3H,1-2H2,(H,13,14). The summed E-state index contributed by atoms with van der Waals surface area (Å²) in [6.45, 7) is 0. The summed E-state index contributed by atoms with van der Waals surface area (Å²) in [5, 5.41) is 14.0. The van der Waals surface area contributed by atoms with Crippen molar-refractivity contribution in [2.45, 2.75) is 24.4 Å². The van der Waals surface area contributed by atoms with Gasteiger partial charge in [-0.15, -0.1) is 0 Å². The highest BCUT2D eigenvalue weighted by atomic mass is 19.4. The highest BCUT2D eigenvalue weighted by Crippen LogP contribution is 2.50. The summed E-state index contributed by atoms with van der Waals surface area (Å²) >= 11 is 0. The number of nitriles is 1. The molecule has 1 heterocycles. The third-order valence-corrected chi connectivity index (χ3v) is 2.40. The van der Waals surface area contributed by atoms with E-state index in [1.54, 1.807) is 0 Å². The normalized spacial score (nSPS) is 19.0. The van der Waals surface area contributed by atoms with E-state index in [1.165, 1.54) is 0 Å². The Balaban J connectivity index is 2.47. The molecule has 1 N–H and O–H groups in total. The maximum Gasteiger partial charge on any atom is 0.433 e. The van der Waals surface area contributed by atoms with Gasteiger partial charge in [0, 0.05) is 5.56 Å². The van der Waals surface area contributed by atoms with Gasteiger partial charge >= 0.3 is 6.18 Å². The molecule has 1 aliphatic carbocycles. The molecule has 0 bridgehead atoms. The van der Waals surface area contributed by atoms with Crippen molar-refractivity contribution in [1.82, 2.24) is 10.2 Å². The van der Waals surface area contributed by atoms with Crippen molar-refractivity contribution >= 4 is 0 Å². The first kappa shape index (κ1) is 9.06. The van der Waals surface area contributed by atoms with E-state index >= 15 is 0 Å². The van der Waals surface area contributed by atoms with Gasteiger partial charge in [-0.05, 0) is 12.8 Å². The van der Waals surface area contributed by atoms with Crippen LogP contribution in [0.15, 0.2) is 6.20 Å². The van der Waals surface area contributed by atoms with Crippen LogP contribution in [0.4, 0.5) is 13.2 Å². The monoisotopic (exact) mass is 201 g/mol. The van der Waals surface area contributed by atoms with Gasteiger partial charge < -0.3 is 0 Å². The fourth-order valence-electron chi connectivity index (χ4n) is 1.43. The molecule has 0 spiro atoms. The number of rotatable bonds is 1. The number of H-pyrrole nitrogens is 1. The van der Waals surface area contributed by atoms with Gasteiger partial charge in [-0.2, -0.15) is 23.5 Å². The third-order valence-electron chi connectivity index (χ3n) is 2.40. The number of nitrogens with zero attached hydrogens (tertiary/aromatic N) is 2. The van der Waals surface area contributed by atoms with E-state index < -0.39 is 17.3 Å². The predicted molar refractivity (Wildman–Crippen MR) is 40.1 cm³/mol.